The summed E-state index contributed by atoms with van der Waals surface area (Å²) in [6.45, 7) is 2.15. The molecule has 1 nitrogen and oxygen atoms in total. The van der Waals surface area contributed by atoms with Crippen molar-refractivity contribution in [1.29, 1.82) is 0 Å². The molecule has 2 heteroatoms. The van der Waals surface area contributed by atoms with E-state index in [2.05, 4.69) is 35.0 Å². The molecular formula is C9H12BrN. The highest BCUT2D eigenvalue weighted by Gasteiger charge is 2.01. The largest absolute Gasteiger partial charge is 0.399 e. The van der Waals surface area contributed by atoms with E-state index in [1.165, 1.54) is 0 Å². The fourth-order valence-electron chi connectivity index (χ4n) is 1.03. The summed E-state index contributed by atoms with van der Waals surface area (Å²) < 4.78 is 1.04. The molecule has 11 heavy (non-hydrogen) atoms. The van der Waals surface area contributed by atoms with Gasteiger partial charge in [-0.25, -0.2) is 0 Å². The van der Waals surface area contributed by atoms with E-state index in [0.717, 1.165) is 16.6 Å². The van der Waals surface area contributed by atoms with Gasteiger partial charge in [0.2, 0.25) is 0 Å². The van der Waals surface area contributed by atoms with Crippen LogP contribution in [0.4, 0.5) is 0 Å². The molecule has 1 atom stereocenters. The van der Waals surface area contributed by atoms with Gasteiger partial charge in [0.1, 0.15) is 0 Å². The third kappa shape index (κ3) is 2.54. The molecule has 0 saturated carbocycles. The molecule has 0 saturated heterocycles. The van der Waals surface area contributed by atoms with Gasteiger partial charge in [0.15, 0.2) is 0 Å². The lowest BCUT2D eigenvalue weighted by Gasteiger charge is -2.01. The summed E-state index contributed by atoms with van der Waals surface area (Å²) in [7, 11) is 0. The molecule has 1 aliphatic carbocycles. The molecule has 0 fully saturated rings. The Hall–Kier alpha value is -0.500. The second-order valence-electron chi connectivity index (χ2n) is 2.63. The van der Waals surface area contributed by atoms with Gasteiger partial charge in [0.05, 0.1) is 0 Å². The molecule has 0 aromatic heterocycles. The van der Waals surface area contributed by atoms with Crippen LogP contribution >= 0.6 is 15.9 Å². The van der Waals surface area contributed by atoms with Crippen molar-refractivity contribution in [1.82, 2.24) is 0 Å². The highest BCUT2D eigenvalue weighted by molar-refractivity contribution is 9.11. The van der Waals surface area contributed by atoms with Gasteiger partial charge >= 0.3 is 0 Å². The highest BCUT2D eigenvalue weighted by Crippen LogP contribution is 2.18. The molecule has 1 unspecified atom stereocenters. The van der Waals surface area contributed by atoms with Gasteiger partial charge in [-0.2, -0.15) is 0 Å². The predicted molar refractivity (Wildman–Crippen MR) is 52.2 cm³/mol. The van der Waals surface area contributed by atoms with E-state index in [0.29, 0.717) is 5.92 Å². The topological polar surface area (TPSA) is 26.0 Å². The van der Waals surface area contributed by atoms with Crippen LogP contribution in [0.25, 0.3) is 0 Å². The lowest BCUT2D eigenvalue weighted by molar-refractivity contribution is 0.770. The summed E-state index contributed by atoms with van der Waals surface area (Å²) in [4.78, 5) is 0. The minimum Gasteiger partial charge on any atom is -0.399 e. The molecule has 1 aliphatic rings. The summed E-state index contributed by atoms with van der Waals surface area (Å²) in [6.07, 6.45) is 9.30. The smallest absolute Gasteiger partial charge is 0.0290 e. The first-order valence-corrected chi connectivity index (χ1v) is 4.54. The maximum atomic E-state index is 5.71. The first kappa shape index (κ1) is 8.60. The van der Waals surface area contributed by atoms with E-state index in [1.807, 2.05) is 12.2 Å². The highest BCUT2D eigenvalue weighted by atomic mass is 79.9. The molecule has 0 aliphatic heterocycles. The lowest BCUT2D eigenvalue weighted by atomic mass is 10.1. The van der Waals surface area contributed by atoms with Crippen LogP contribution in [0.3, 0.4) is 0 Å². The van der Waals surface area contributed by atoms with E-state index in [4.69, 9.17) is 5.73 Å². The number of hydrogen-bond acceptors (Lipinski definition) is 1. The average molecular weight is 214 g/mol. The first-order valence-electron chi connectivity index (χ1n) is 3.75. The number of halogens is 1. The fraction of sp³-hybridized carbons (Fsp3) is 0.333. The van der Waals surface area contributed by atoms with Crippen molar-refractivity contribution in [3.05, 3.63) is 34.5 Å². The summed E-state index contributed by atoms with van der Waals surface area (Å²) in [5.74, 6) is 0.487. The zero-order valence-electron chi connectivity index (χ0n) is 6.55. The van der Waals surface area contributed by atoms with E-state index < -0.39 is 0 Å². The maximum Gasteiger partial charge on any atom is 0.0290 e. The van der Waals surface area contributed by atoms with Crippen molar-refractivity contribution in [3.8, 4) is 0 Å². The maximum absolute atomic E-state index is 5.71. The van der Waals surface area contributed by atoms with Gasteiger partial charge < -0.3 is 5.73 Å². The Morgan fingerprint density at radius 1 is 1.64 bits per heavy atom. The van der Waals surface area contributed by atoms with Crippen molar-refractivity contribution in [2.45, 2.75) is 13.3 Å². The zero-order chi connectivity index (χ0) is 8.27. The Morgan fingerprint density at radius 2 is 2.36 bits per heavy atom. The summed E-state index contributed by atoms with van der Waals surface area (Å²) >= 11 is 3.39. The molecular weight excluding hydrogens is 202 g/mol. The Balaban J connectivity index is 2.83. The molecule has 0 heterocycles. The standard InChI is InChI=1S/C9H12BrN/c1-2-7-3-4-8(10)6-9(11)5-7/h3-7H,2,11H2,1H3. The van der Waals surface area contributed by atoms with Crippen molar-refractivity contribution >= 4 is 15.9 Å². The van der Waals surface area contributed by atoms with E-state index in [-0.39, 0.29) is 0 Å². The number of allylic oxidation sites excluding steroid dienone is 5. The number of rotatable bonds is 1. The average Bonchev–Trinajstić information content (AvgIpc) is 2.11. The molecule has 0 bridgehead atoms. The van der Waals surface area contributed by atoms with Crippen LogP contribution in [0.2, 0.25) is 0 Å². The molecule has 1 rings (SSSR count). The molecule has 60 valence electrons. The second-order valence-corrected chi connectivity index (χ2v) is 3.54. The number of nitrogens with two attached hydrogens (primary N) is 1. The summed E-state index contributed by atoms with van der Waals surface area (Å²) in [5.41, 5.74) is 6.55. The number of hydrogen-bond donors (Lipinski definition) is 1. The molecule has 0 spiro atoms. The quantitative estimate of drug-likeness (QED) is 0.713. The van der Waals surface area contributed by atoms with E-state index in [1.54, 1.807) is 0 Å². The van der Waals surface area contributed by atoms with Crippen LogP contribution < -0.4 is 5.73 Å². The summed E-state index contributed by atoms with van der Waals surface area (Å²) in [5, 5.41) is 0. The van der Waals surface area contributed by atoms with Crippen LogP contribution in [0, 0.1) is 5.92 Å². The molecule has 0 aromatic rings. The molecule has 0 aromatic carbocycles. The monoisotopic (exact) mass is 213 g/mol. The molecule has 0 amide bonds. The second kappa shape index (κ2) is 3.77. The third-order valence-corrected chi connectivity index (χ3v) is 2.18. The first-order chi connectivity index (χ1) is 5.22. The van der Waals surface area contributed by atoms with Crippen LogP contribution in [0.5, 0.6) is 0 Å². The van der Waals surface area contributed by atoms with Gasteiger partial charge in [-0.15, -0.1) is 0 Å². The van der Waals surface area contributed by atoms with Gasteiger partial charge in [-0.3, -0.25) is 0 Å². The van der Waals surface area contributed by atoms with Crippen molar-refractivity contribution in [2.75, 3.05) is 0 Å². The fourth-order valence-corrected chi connectivity index (χ4v) is 1.44. The Labute approximate surface area is 75.8 Å². The molecule has 0 radical (unpaired) electrons. The van der Waals surface area contributed by atoms with Crippen LogP contribution in [-0.2, 0) is 0 Å². The van der Waals surface area contributed by atoms with Crippen LogP contribution in [0.1, 0.15) is 13.3 Å². The van der Waals surface area contributed by atoms with Gasteiger partial charge in [0.25, 0.3) is 0 Å². The van der Waals surface area contributed by atoms with E-state index in [9.17, 15) is 0 Å². The Morgan fingerprint density at radius 3 is 3.00 bits per heavy atom. The predicted octanol–water partition coefficient (Wildman–Crippen LogP) is 2.70. The van der Waals surface area contributed by atoms with E-state index >= 15 is 0 Å². The van der Waals surface area contributed by atoms with Crippen LogP contribution in [0.15, 0.2) is 34.5 Å². The minimum absolute atomic E-state index is 0.487. The third-order valence-electron chi connectivity index (χ3n) is 1.69. The molecule has 2 N–H and O–H groups in total. The lowest BCUT2D eigenvalue weighted by Crippen LogP contribution is -1.96. The Bertz CT molecular complexity index is 226. The Kier molecular flexibility index (Phi) is 2.94. The normalized spacial score (nSPS) is 24.0. The SMILES string of the molecule is CCC1C=CC(Br)=CC(N)=C1. The van der Waals surface area contributed by atoms with Gasteiger partial charge in [-0.1, -0.05) is 41.1 Å². The van der Waals surface area contributed by atoms with Gasteiger partial charge in [0, 0.05) is 10.2 Å². The zero-order valence-corrected chi connectivity index (χ0v) is 8.14. The van der Waals surface area contributed by atoms with Crippen molar-refractivity contribution < 1.29 is 0 Å². The van der Waals surface area contributed by atoms with Crippen molar-refractivity contribution in [2.24, 2.45) is 11.7 Å². The van der Waals surface area contributed by atoms with Gasteiger partial charge in [-0.05, 0) is 18.4 Å². The summed E-state index contributed by atoms with van der Waals surface area (Å²) in [6, 6.07) is 0. The van der Waals surface area contributed by atoms with Crippen molar-refractivity contribution in [3.63, 3.8) is 0 Å². The van der Waals surface area contributed by atoms with Crippen LogP contribution in [-0.4, -0.2) is 0 Å². The minimum atomic E-state index is 0.487.